The first-order valence-corrected chi connectivity index (χ1v) is 16.5. The third-order valence-corrected chi connectivity index (χ3v) is 11.2. The minimum Gasteiger partial charge on any atom is -0.371 e. The summed E-state index contributed by atoms with van der Waals surface area (Å²) in [7, 11) is -5.61. The molecule has 13 heteroatoms. The van der Waals surface area contributed by atoms with Crippen LogP contribution in [0.4, 0.5) is 11.4 Å². The van der Waals surface area contributed by atoms with Gasteiger partial charge in [-0.25, -0.2) is 21.1 Å². The van der Waals surface area contributed by atoms with Crippen LogP contribution in [0.5, 0.6) is 0 Å². The maximum atomic E-state index is 13.4. The summed E-state index contributed by atoms with van der Waals surface area (Å²) in [5.41, 5.74) is 1.43. The third-order valence-electron chi connectivity index (χ3n) is 7.21. The number of nitrogens with one attached hydrogen (secondary N) is 1. The Labute approximate surface area is 234 Å². The number of hydrogen-bond acceptors (Lipinski definition) is 6. The number of rotatable bonds is 7. The Morgan fingerprint density at radius 3 is 2.08 bits per heavy atom. The molecule has 0 bridgehead atoms. The summed E-state index contributed by atoms with van der Waals surface area (Å²) >= 11 is 12.2. The van der Waals surface area contributed by atoms with Crippen molar-refractivity contribution >= 4 is 60.5 Å². The molecule has 2 aromatic carbocycles. The van der Waals surface area contributed by atoms with Gasteiger partial charge in [0.1, 0.15) is 0 Å². The van der Waals surface area contributed by atoms with Gasteiger partial charge in [0.15, 0.2) is 0 Å². The summed E-state index contributed by atoms with van der Waals surface area (Å²) in [6.45, 7) is 1.83. The van der Waals surface area contributed by atoms with Crippen LogP contribution in [0.25, 0.3) is 0 Å². The molecule has 4 rings (SSSR count). The van der Waals surface area contributed by atoms with Gasteiger partial charge in [0.05, 0.1) is 22.8 Å². The van der Waals surface area contributed by atoms with E-state index >= 15 is 0 Å². The largest absolute Gasteiger partial charge is 0.371 e. The van der Waals surface area contributed by atoms with Gasteiger partial charge in [-0.1, -0.05) is 35.3 Å². The van der Waals surface area contributed by atoms with E-state index in [0.29, 0.717) is 67.6 Å². The zero-order valence-corrected chi connectivity index (χ0v) is 24.5. The molecule has 0 atom stereocenters. The molecular formula is C25H32Cl2N4O5S2. The topological polar surface area (TPSA) is 107 Å². The van der Waals surface area contributed by atoms with Crippen molar-refractivity contribution in [3.63, 3.8) is 0 Å². The van der Waals surface area contributed by atoms with Crippen molar-refractivity contribution in [3.05, 3.63) is 58.1 Å². The minimum absolute atomic E-state index is 0.208. The quantitative estimate of drug-likeness (QED) is 0.519. The van der Waals surface area contributed by atoms with E-state index in [9.17, 15) is 21.6 Å². The van der Waals surface area contributed by atoms with Gasteiger partial charge in [-0.05, 0) is 56.0 Å². The van der Waals surface area contributed by atoms with Crippen LogP contribution in [0, 0.1) is 0 Å². The van der Waals surface area contributed by atoms with Crippen molar-refractivity contribution < 1.29 is 21.6 Å². The molecule has 2 aromatic rings. The molecule has 2 fully saturated rings. The van der Waals surface area contributed by atoms with Crippen molar-refractivity contribution in [1.29, 1.82) is 0 Å². The molecule has 2 saturated heterocycles. The highest BCUT2D eigenvalue weighted by Gasteiger charge is 2.37. The van der Waals surface area contributed by atoms with Crippen LogP contribution in [0.1, 0.15) is 36.0 Å². The highest BCUT2D eigenvalue weighted by Crippen LogP contribution is 2.30. The number of nitrogens with zero attached hydrogens (tertiary/aromatic N) is 3. The average Bonchev–Trinajstić information content (AvgIpc) is 2.87. The lowest BCUT2D eigenvalue weighted by Gasteiger charge is -2.38. The van der Waals surface area contributed by atoms with Crippen molar-refractivity contribution in [2.45, 2.75) is 37.0 Å². The Bertz CT molecular complexity index is 1370. The normalized spacial score (nSPS) is 18.4. The summed E-state index contributed by atoms with van der Waals surface area (Å²) in [6, 6.07) is 11.6. The highest BCUT2D eigenvalue weighted by atomic mass is 35.5. The van der Waals surface area contributed by atoms with Gasteiger partial charge in [0, 0.05) is 55.0 Å². The number of sulfonamides is 2. The lowest BCUT2D eigenvalue weighted by Crippen LogP contribution is -2.50. The highest BCUT2D eigenvalue weighted by molar-refractivity contribution is 7.92. The second-order valence-electron chi connectivity index (χ2n) is 9.75. The Morgan fingerprint density at radius 1 is 0.921 bits per heavy atom. The number of amides is 1. The Kier molecular flexibility index (Phi) is 8.83. The molecule has 2 heterocycles. The zero-order chi connectivity index (χ0) is 27.7. The number of hydrogen-bond donors (Lipinski definition) is 1. The Balaban J connectivity index is 1.33. The lowest BCUT2D eigenvalue weighted by atomic mass is 10.1. The van der Waals surface area contributed by atoms with Crippen LogP contribution in [0.15, 0.2) is 42.5 Å². The molecule has 1 N–H and O–H groups in total. The van der Waals surface area contributed by atoms with E-state index < -0.39 is 25.3 Å². The predicted octanol–water partition coefficient (Wildman–Crippen LogP) is 3.58. The van der Waals surface area contributed by atoms with Crippen LogP contribution in [-0.2, 0) is 20.0 Å². The van der Waals surface area contributed by atoms with Crippen LogP contribution in [0.3, 0.4) is 0 Å². The van der Waals surface area contributed by atoms with Crippen molar-refractivity contribution in [2.75, 3.05) is 48.7 Å². The molecule has 0 unspecified atom stereocenters. The fourth-order valence-corrected chi connectivity index (χ4v) is 7.96. The zero-order valence-electron chi connectivity index (χ0n) is 21.3. The molecule has 38 heavy (non-hydrogen) atoms. The van der Waals surface area contributed by atoms with E-state index in [1.54, 1.807) is 30.3 Å². The molecule has 0 aliphatic carbocycles. The number of benzene rings is 2. The van der Waals surface area contributed by atoms with Gasteiger partial charge < -0.3 is 10.2 Å². The van der Waals surface area contributed by atoms with E-state index in [1.807, 2.05) is 12.1 Å². The number of carbonyl (C=O) groups excluding carboxylic acids is 1. The molecule has 0 aromatic heterocycles. The van der Waals surface area contributed by atoms with E-state index in [1.165, 1.54) is 11.4 Å². The average molecular weight is 604 g/mol. The Morgan fingerprint density at radius 2 is 1.50 bits per heavy atom. The first-order valence-electron chi connectivity index (χ1n) is 12.4. The summed E-state index contributed by atoms with van der Waals surface area (Å²) in [5, 5.41) is 3.59. The van der Waals surface area contributed by atoms with Crippen molar-refractivity contribution in [3.8, 4) is 0 Å². The molecule has 0 radical (unpaired) electrons. The fraction of sp³-hybridized carbons (Fsp3) is 0.480. The molecule has 2 aliphatic rings. The van der Waals surface area contributed by atoms with Gasteiger partial charge in [0.2, 0.25) is 20.0 Å². The number of para-hydroxylation sites is 1. The number of anilines is 2. The Hall–Kier alpha value is -2.05. The third kappa shape index (κ3) is 6.56. The minimum atomic E-state index is -3.54. The lowest BCUT2D eigenvalue weighted by molar-refractivity contribution is 0.0924. The number of carbonyl (C=O) groups is 1. The maximum absolute atomic E-state index is 13.4. The summed E-state index contributed by atoms with van der Waals surface area (Å²) in [5.74, 6) is -0.383. The smallest absolute Gasteiger partial charge is 0.253 e. The summed E-state index contributed by atoms with van der Waals surface area (Å²) in [4.78, 5) is 15.1. The van der Waals surface area contributed by atoms with Crippen LogP contribution in [-0.4, -0.2) is 77.8 Å². The van der Waals surface area contributed by atoms with E-state index in [-0.39, 0.29) is 17.5 Å². The van der Waals surface area contributed by atoms with Gasteiger partial charge >= 0.3 is 0 Å². The number of halogens is 2. The van der Waals surface area contributed by atoms with Crippen LogP contribution >= 0.6 is 23.2 Å². The van der Waals surface area contributed by atoms with Gasteiger partial charge in [-0.15, -0.1) is 0 Å². The first kappa shape index (κ1) is 28.9. The molecule has 0 saturated carbocycles. The van der Waals surface area contributed by atoms with Crippen molar-refractivity contribution in [2.24, 2.45) is 0 Å². The SMILES string of the molecule is CN(c1ccccc1C(=O)NC1CCN(S(=O)(=O)C2CCN(c3cc(Cl)cc(Cl)c3)CC2)CC1)S(C)(=O)=O. The van der Waals surface area contributed by atoms with E-state index in [4.69, 9.17) is 23.2 Å². The standard InChI is InChI=1S/C25H32Cl2N4O5S2/c1-29(37(2,33)34)24-6-4-3-5-23(24)25(32)28-20-7-13-31(14-8-20)38(35,36)22-9-11-30(12-10-22)21-16-18(26)15-19(27)17-21/h3-6,15-17,20,22H,7-14H2,1-2H3,(H,28,32). The maximum Gasteiger partial charge on any atom is 0.253 e. The van der Waals surface area contributed by atoms with E-state index in [0.717, 1.165) is 16.2 Å². The number of piperidine rings is 2. The monoisotopic (exact) mass is 602 g/mol. The second kappa shape index (κ2) is 11.6. The first-order chi connectivity index (χ1) is 17.9. The second-order valence-corrected chi connectivity index (χ2v) is 14.9. The summed E-state index contributed by atoms with van der Waals surface area (Å²) < 4.78 is 53.3. The predicted molar refractivity (Wildman–Crippen MR) is 152 cm³/mol. The molecule has 9 nitrogen and oxygen atoms in total. The van der Waals surface area contributed by atoms with E-state index in [2.05, 4.69) is 10.2 Å². The molecule has 1 amide bonds. The van der Waals surface area contributed by atoms with Crippen LogP contribution in [0.2, 0.25) is 10.0 Å². The van der Waals surface area contributed by atoms with Gasteiger partial charge in [-0.3, -0.25) is 9.10 Å². The molecule has 2 aliphatic heterocycles. The molecular weight excluding hydrogens is 571 g/mol. The molecule has 208 valence electrons. The van der Waals surface area contributed by atoms with Crippen molar-refractivity contribution in [1.82, 2.24) is 9.62 Å². The molecule has 0 spiro atoms. The van der Waals surface area contributed by atoms with Gasteiger partial charge in [-0.2, -0.15) is 0 Å². The fourth-order valence-electron chi connectivity index (χ4n) is 4.98. The van der Waals surface area contributed by atoms with Gasteiger partial charge in [0.25, 0.3) is 5.91 Å². The van der Waals surface area contributed by atoms with Crippen LogP contribution < -0.4 is 14.5 Å². The summed E-state index contributed by atoms with van der Waals surface area (Å²) in [6.07, 6.45) is 3.06.